The zero-order valence-electron chi connectivity index (χ0n) is 8.18. The van der Waals surface area contributed by atoms with E-state index in [9.17, 15) is 19.2 Å². The molecule has 0 bridgehead atoms. The average Bonchev–Trinajstić information content (AvgIpc) is 2.24. The van der Waals surface area contributed by atoms with Crippen LogP contribution >= 0.6 is 0 Å². The number of oxime groups is 1. The Morgan fingerprint density at radius 3 is 2.27 bits per heavy atom. The predicted molar refractivity (Wildman–Crippen MR) is 47.2 cm³/mol. The number of ketones is 2. The van der Waals surface area contributed by atoms with E-state index in [1.54, 1.807) is 0 Å². The van der Waals surface area contributed by atoms with Gasteiger partial charge in [-0.2, -0.15) is 0 Å². The van der Waals surface area contributed by atoms with Gasteiger partial charge in [-0.1, -0.05) is 5.16 Å². The van der Waals surface area contributed by atoms with Crippen molar-refractivity contribution < 1.29 is 28.8 Å². The van der Waals surface area contributed by atoms with Crippen LogP contribution in [-0.4, -0.2) is 43.3 Å². The van der Waals surface area contributed by atoms with Crippen LogP contribution in [0, 0.1) is 0 Å². The fourth-order valence-corrected chi connectivity index (χ4v) is 0.620. The molecule has 0 N–H and O–H groups in total. The van der Waals surface area contributed by atoms with Gasteiger partial charge in [-0.3, -0.25) is 14.4 Å². The van der Waals surface area contributed by atoms with Crippen LogP contribution in [0.1, 0.15) is 6.92 Å². The van der Waals surface area contributed by atoms with E-state index >= 15 is 0 Å². The Balaban J connectivity index is 4.70. The lowest BCUT2D eigenvalue weighted by Crippen LogP contribution is -2.32. The fraction of sp³-hybridized carbons (Fsp3) is 0.375. The highest BCUT2D eigenvalue weighted by atomic mass is 16.6. The van der Waals surface area contributed by atoms with Crippen LogP contribution in [0.2, 0.25) is 0 Å². The fourth-order valence-electron chi connectivity index (χ4n) is 0.620. The van der Waals surface area contributed by atoms with Crippen LogP contribution < -0.4 is 0 Å². The maximum atomic E-state index is 11.1. The molecule has 0 saturated carbocycles. The number of carbonyl (C=O) groups excluding carboxylic acids is 4. The van der Waals surface area contributed by atoms with Crippen LogP contribution in [0.5, 0.6) is 0 Å². The molecule has 0 aromatic rings. The lowest BCUT2D eigenvalue weighted by Gasteiger charge is -1.98. The molecule has 0 amide bonds. The quantitative estimate of drug-likeness (QED) is 0.139. The summed E-state index contributed by atoms with van der Waals surface area (Å²) in [5, 5.41) is 2.98. The van der Waals surface area contributed by atoms with Crippen LogP contribution in [0.3, 0.4) is 0 Å². The Labute approximate surface area is 85.0 Å². The largest absolute Gasteiger partial charge is 0.460 e. The van der Waals surface area contributed by atoms with Gasteiger partial charge in [0.05, 0.1) is 6.61 Å². The van der Waals surface area contributed by atoms with Crippen LogP contribution in [0.25, 0.3) is 0 Å². The van der Waals surface area contributed by atoms with Crippen molar-refractivity contribution in [1.29, 1.82) is 0 Å². The molecule has 0 fully saturated rings. The highest BCUT2D eigenvalue weighted by molar-refractivity contribution is 6.84. The van der Waals surface area contributed by atoms with Gasteiger partial charge in [-0.15, -0.1) is 0 Å². The molecule has 0 atom stereocenters. The van der Waals surface area contributed by atoms with E-state index in [0.29, 0.717) is 0 Å². The summed E-state index contributed by atoms with van der Waals surface area (Å²) in [7, 11) is 1.09. The van der Waals surface area contributed by atoms with Crippen molar-refractivity contribution >= 4 is 29.5 Å². The molecule has 0 aliphatic carbocycles. The average molecular weight is 215 g/mol. The van der Waals surface area contributed by atoms with Gasteiger partial charge in [-0.25, -0.2) is 4.79 Å². The van der Waals surface area contributed by atoms with Gasteiger partial charge in [0, 0.05) is 0 Å². The second-order valence-electron chi connectivity index (χ2n) is 2.16. The Bertz CT molecular complexity index is 319. The molecular weight excluding hydrogens is 206 g/mol. The summed E-state index contributed by atoms with van der Waals surface area (Å²) in [4.78, 5) is 47.3. The van der Waals surface area contributed by atoms with E-state index in [-0.39, 0.29) is 12.9 Å². The van der Waals surface area contributed by atoms with Crippen LogP contribution in [0.15, 0.2) is 5.16 Å². The lowest BCUT2D eigenvalue weighted by atomic mass is 10.2. The van der Waals surface area contributed by atoms with Crippen molar-refractivity contribution in [2.45, 2.75) is 6.92 Å². The Morgan fingerprint density at radius 2 is 1.87 bits per heavy atom. The van der Waals surface area contributed by atoms with E-state index in [1.807, 2.05) is 0 Å². The number of ether oxygens (including phenoxy) is 1. The van der Waals surface area contributed by atoms with Gasteiger partial charge >= 0.3 is 11.8 Å². The van der Waals surface area contributed by atoms with E-state index in [1.165, 1.54) is 6.92 Å². The van der Waals surface area contributed by atoms with Gasteiger partial charge in [-0.05, 0) is 6.92 Å². The number of esters is 1. The third kappa shape index (κ3) is 3.67. The van der Waals surface area contributed by atoms with Gasteiger partial charge in [0.1, 0.15) is 7.11 Å². The topological polar surface area (TPSA) is 99.1 Å². The number of nitrogens with zero attached hydrogens (tertiary/aromatic N) is 1. The first kappa shape index (κ1) is 12.9. The monoisotopic (exact) mass is 215 g/mol. The van der Waals surface area contributed by atoms with Crippen molar-refractivity contribution in [2.24, 2.45) is 5.16 Å². The van der Waals surface area contributed by atoms with Crippen molar-refractivity contribution in [3.8, 4) is 0 Å². The second-order valence-corrected chi connectivity index (χ2v) is 2.16. The molecule has 0 aromatic carbocycles. The number of hydrogen-bond donors (Lipinski definition) is 0. The summed E-state index contributed by atoms with van der Waals surface area (Å²) < 4.78 is 4.28. The molecule has 0 aromatic heterocycles. The van der Waals surface area contributed by atoms with E-state index in [2.05, 4.69) is 14.7 Å². The van der Waals surface area contributed by atoms with Gasteiger partial charge in [0.2, 0.25) is 0 Å². The maximum absolute atomic E-state index is 11.1. The van der Waals surface area contributed by atoms with E-state index < -0.39 is 23.2 Å². The minimum atomic E-state index is -1.46. The first-order valence-electron chi connectivity index (χ1n) is 3.90. The molecule has 7 nitrogen and oxygen atoms in total. The standard InChI is InChI=1S/C8H9NO6/c1-3-15-8(13)7(12)6(11)5(4-10)9-14-2/h4H,3H2,1-2H3. The van der Waals surface area contributed by atoms with Crippen molar-refractivity contribution in [2.75, 3.05) is 13.7 Å². The molecule has 0 aliphatic heterocycles. The third-order valence-corrected chi connectivity index (χ3v) is 1.20. The predicted octanol–water partition coefficient (Wildman–Crippen LogP) is -1.11. The number of rotatable bonds is 6. The molecule has 0 spiro atoms. The van der Waals surface area contributed by atoms with Crippen LogP contribution in [0.4, 0.5) is 0 Å². The molecule has 82 valence electrons. The number of hydrogen-bond acceptors (Lipinski definition) is 7. The van der Waals surface area contributed by atoms with Crippen molar-refractivity contribution in [1.82, 2.24) is 0 Å². The number of Topliss-reactive ketones (excluding diaryl/α,β-unsaturated/α-hetero) is 2. The zero-order valence-corrected chi connectivity index (χ0v) is 8.18. The molecule has 15 heavy (non-hydrogen) atoms. The summed E-state index contributed by atoms with van der Waals surface area (Å²) in [6.45, 7) is 1.43. The molecule has 0 radical (unpaired) electrons. The molecule has 0 aliphatic rings. The summed E-state index contributed by atoms with van der Waals surface area (Å²) >= 11 is 0. The van der Waals surface area contributed by atoms with Crippen molar-refractivity contribution in [3.05, 3.63) is 0 Å². The Morgan fingerprint density at radius 1 is 1.27 bits per heavy atom. The molecule has 0 rings (SSSR count). The molecule has 0 unspecified atom stereocenters. The summed E-state index contributed by atoms with van der Waals surface area (Å²) in [5.41, 5.74) is -0.782. The van der Waals surface area contributed by atoms with Crippen molar-refractivity contribution in [3.63, 3.8) is 0 Å². The van der Waals surface area contributed by atoms with Gasteiger partial charge in [0.25, 0.3) is 5.78 Å². The third-order valence-electron chi connectivity index (χ3n) is 1.20. The highest BCUT2D eigenvalue weighted by Crippen LogP contribution is 1.88. The zero-order chi connectivity index (χ0) is 11.8. The minimum Gasteiger partial charge on any atom is -0.460 e. The maximum Gasteiger partial charge on any atom is 0.383 e. The lowest BCUT2D eigenvalue weighted by molar-refractivity contribution is -0.155. The van der Waals surface area contributed by atoms with E-state index in [4.69, 9.17) is 0 Å². The molecule has 7 heteroatoms. The Hall–Kier alpha value is -2.05. The Kier molecular flexibility index (Phi) is 5.53. The van der Waals surface area contributed by atoms with Gasteiger partial charge in [0.15, 0.2) is 12.0 Å². The summed E-state index contributed by atoms with van der Waals surface area (Å²) in [5.74, 6) is -4.14. The normalized spacial score (nSPS) is 10.4. The van der Waals surface area contributed by atoms with E-state index in [0.717, 1.165) is 7.11 Å². The second kappa shape index (κ2) is 6.41. The minimum absolute atomic E-state index is 0.0168. The first-order valence-corrected chi connectivity index (χ1v) is 3.90. The number of aldehydes is 1. The molecule has 0 saturated heterocycles. The summed E-state index contributed by atoms with van der Waals surface area (Å²) in [6.07, 6.45) is 0.0168. The highest BCUT2D eigenvalue weighted by Gasteiger charge is 2.28. The molecular formula is C8H9NO6. The first-order chi connectivity index (χ1) is 7.08. The smallest absolute Gasteiger partial charge is 0.383 e. The number of carbonyl (C=O) groups is 4. The molecule has 0 heterocycles. The van der Waals surface area contributed by atoms with Crippen LogP contribution in [-0.2, 0) is 28.8 Å². The summed E-state index contributed by atoms with van der Waals surface area (Å²) in [6, 6.07) is 0. The van der Waals surface area contributed by atoms with Gasteiger partial charge < -0.3 is 9.57 Å². The SMILES string of the molecule is CCOC(=O)C(=O)C(=O)C(C=O)=NOC.